The third kappa shape index (κ3) is 4.74. The Balaban J connectivity index is 1.52. The molecule has 11 heteroatoms. The van der Waals surface area contributed by atoms with E-state index in [1.165, 1.54) is 21.3 Å². The number of pyridine rings is 1. The molecule has 0 radical (unpaired) electrons. The van der Waals surface area contributed by atoms with Gasteiger partial charge in [0.15, 0.2) is 0 Å². The Morgan fingerprint density at radius 1 is 0.811 bits per heavy atom. The van der Waals surface area contributed by atoms with E-state index in [2.05, 4.69) is 15.6 Å². The van der Waals surface area contributed by atoms with E-state index >= 15 is 0 Å². The highest BCUT2D eigenvalue weighted by molar-refractivity contribution is 5.84. The van der Waals surface area contributed by atoms with Crippen molar-refractivity contribution in [2.45, 2.75) is 6.18 Å². The van der Waals surface area contributed by atoms with E-state index in [0.29, 0.717) is 33.8 Å². The quantitative estimate of drug-likeness (QED) is 0.271. The van der Waals surface area contributed by atoms with Crippen LogP contribution in [0.5, 0.6) is 0 Å². The van der Waals surface area contributed by atoms with E-state index in [1.807, 2.05) is 0 Å². The normalized spacial score (nSPS) is 11.4. The van der Waals surface area contributed by atoms with Gasteiger partial charge in [-0.05, 0) is 66.7 Å². The Morgan fingerprint density at radius 2 is 1.51 bits per heavy atom. The van der Waals surface area contributed by atoms with Crippen LogP contribution in [0, 0.1) is 0 Å². The number of rotatable bonds is 5. The molecule has 0 atom stereocenters. The molecule has 1 amide bonds. The first kappa shape index (κ1) is 23.7. The molecule has 5 rings (SSSR count). The molecule has 5 aromatic rings. The molecular weight excluding hydrogens is 487 g/mol. The molecule has 37 heavy (non-hydrogen) atoms. The van der Waals surface area contributed by atoms with Gasteiger partial charge >= 0.3 is 18.0 Å². The van der Waals surface area contributed by atoms with Gasteiger partial charge < -0.3 is 10.4 Å². The summed E-state index contributed by atoms with van der Waals surface area (Å²) in [6.45, 7) is 0. The maximum Gasteiger partial charge on any atom is 0.416 e. The summed E-state index contributed by atoms with van der Waals surface area (Å²) in [6.07, 6.45) is -2.59. The average molecular weight is 505 g/mol. The second kappa shape index (κ2) is 9.19. The second-order valence-electron chi connectivity index (χ2n) is 8.05. The molecule has 0 bridgehead atoms. The number of hydrogen-bond donors (Lipinski definition) is 3. The molecule has 3 N–H and O–H groups in total. The largest absolute Gasteiger partial charge is 0.465 e. The lowest BCUT2D eigenvalue weighted by Gasteiger charge is -2.11. The number of alkyl halides is 3. The van der Waals surface area contributed by atoms with Gasteiger partial charge in [0, 0.05) is 23.3 Å². The van der Waals surface area contributed by atoms with Crippen molar-refractivity contribution in [1.29, 1.82) is 0 Å². The van der Waals surface area contributed by atoms with Crippen molar-refractivity contribution in [3.8, 4) is 11.4 Å². The number of amides is 1. The lowest BCUT2D eigenvalue weighted by atomic mass is 10.2. The number of nitrogens with one attached hydrogen (secondary N) is 2. The number of fused-ring (bicyclic) bond motifs is 1. The Morgan fingerprint density at radius 3 is 2.24 bits per heavy atom. The van der Waals surface area contributed by atoms with Crippen LogP contribution in [-0.4, -0.2) is 25.3 Å². The summed E-state index contributed by atoms with van der Waals surface area (Å²) in [5, 5.41) is 14.2. The first-order valence-corrected chi connectivity index (χ1v) is 10.9. The molecule has 0 saturated heterocycles. The van der Waals surface area contributed by atoms with Crippen LogP contribution in [0.4, 0.5) is 35.0 Å². The van der Waals surface area contributed by atoms with Crippen LogP contribution >= 0.6 is 0 Å². The van der Waals surface area contributed by atoms with Gasteiger partial charge in [-0.25, -0.2) is 9.59 Å². The van der Waals surface area contributed by atoms with E-state index < -0.39 is 23.5 Å². The summed E-state index contributed by atoms with van der Waals surface area (Å²) in [7, 11) is 0. The van der Waals surface area contributed by atoms with Gasteiger partial charge in [0.2, 0.25) is 0 Å². The van der Waals surface area contributed by atoms with Crippen LogP contribution < -0.4 is 16.3 Å². The minimum Gasteiger partial charge on any atom is -0.465 e. The number of halogens is 3. The highest BCUT2D eigenvalue weighted by Crippen LogP contribution is 2.31. The van der Waals surface area contributed by atoms with Crippen LogP contribution in [-0.2, 0) is 6.18 Å². The summed E-state index contributed by atoms with van der Waals surface area (Å²) >= 11 is 0. The molecule has 2 aromatic heterocycles. The van der Waals surface area contributed by atoms with E-state index in [1.54, 1.807) is 67.0 Å². The van der Waals surface area contributed by atoms with Crippen LogP contribution in [0.1, 0.15) is 5.56 Å². The first-order valence-electron chi connectivity index (χ1n) is 10.9. The molecule has 0 aliphatic rings. The topological polar surface area (TPSA) is 101 Å². The monoisotopic (exact) mass is 505 g/mol. The standard InChI is InChI=1S/C26H18F3N5O3/c27-26(28,29)16-3-1-4-18(13-16)31-17-7-9-20(10-8-17)33-23-15-30-12-11-22(23)34(25(33)37)21-6-2-5-19(14-21)32-24(35)36/h1-15,31-32H,(H,35,36). The maximum atomic E-state index is 13.6. The third-order valence-corrected chi connectivity index (χ3v) is 5.60. The van der Waals surface area contributed by atoms with Gasteiger partial charge in [-0.1, -0.05) is 12.1 Å². The Labute approximate surface area is 207 Å². The Bertz CT molecular complexity index is 1670. The Kier molecular flexibility index (Phi) is 5.88. The van der Waals surface area contributed by atoms with Crippen molar-refractivity contribution in [2.24, 2.45) is 0 Å². The van der Waals surface area contributed by atoms with Gasteiger partial charge in [0.1, 0.15) is 0 Å². The molecule has 0 spiro atoms. The van der Waals surface area contributed by atoms with Gasteiger partial charge in [-0.2, -0.15) is 13.2 Å². The van der Waals surface area contributed by atoms with E-state index in [4.69, 9.17) is 5.11 Å². The number of carboxylic acid groups (broad SMARTS) is 1. The molecule has 0 saturated carbocycles. The predicted molar refractivity (Wildman–Crippen MR) is 133 cm³/mol. The number of benzene rings is 3. The SMILES string of the molecule is O=C(O)Nc1cccc(-n2c(=O)n(-c3ccc(Nc4cccc(C(F)(F)F)c4)cc3)c3cnccc32)c1. The van der Waals surface area contributed by atoms with Crippen LogP contribution in [0.15, 0.2) is 96.1 Å². The van der Waals surface area contributed by atoms with Crippen LogP contribution in [0.25, 0.3) is 22.4 Å². The number of carbonyl (C=O) groups is 1. The minimum absolute atomic E-state index is 0.274. The van der Waals surface area contributed by atoms with Gasteiger partial charge in [-0.3, -0.25) is 19.4 Å². The van der Waals surface area contributed by atoms with Crippen molar-refractivity contribution in [3.63, 3.8) is 0 Å². The predicted octanol–water partition coefficient (Wildman–Crippen LogP) is 6.03. The van der Waals surface area contributed by atoms with Crippen molar-refractivity contribution in [3.05, 3.63) is 107 Å². The fourth-order valence-corrected chi connectivity index (χ4v) is 4.03. The number of anilines is 3. The zero-order valence-electron chi connectivity index (χ0n) is 18.9. The molecule has 3 aromatic carbocycles. The van der Waals surface area contributed by atoms with Gasteiger partial charge in [-0.15, -0.1) is 0 Å². The zero-order valence-corrected chi connectivity index (χ0v) is 18.9. The van der Waals surface area contributed by atoms with Crippen molar-refractivity contribution >= 4 is 34.2 Å². The van der Waals surface area contributed by atoms with E-state index in [-0.39, 0.29) is 5.69 Å². The summed E-state index contributed by atoms with van der Waals surface area (Å²) in [5.41, 5.74) is 1.97. The van der Waals surface area contributed by atoms with Crippen LogP contribution in [0.3, 0.4) is 0 Å². The first-order chi connectivity index (χ1) is 17.7. The van der Waals surface area contributed by atoms with Crippen molar-refractivity contribution in [1.82, 2.24) is 14.1 Å². The lowest BCUT2D eigenvalue weighted by Crippen LogP contribution is -2.22. The third-order valence-electron chi connectivity index (χ3n) is 5.60. The average Bonchev–Trinajstić information content (AvgIpc) is 3.16. The molecule has 0 fully saturated rings. The number of imidazole rings is 1. The van der Waals surface area contributed by atoms with E-state index in [0.717, 1.165) is 12.1 Å². The van der Waals surface area contributed by atoms with Crippen LogP contribution in [0.2, 0.25) is 0 Å². The molecule has 8 nitrogen and oxygen atoms in total. The lowest BCUT2D eigenvalue weighted by molar-refractivity contribution is -0.137. The fraction of sp³-hybridized carbons (Fsp3) is 0.0385. The second-order valence-corrected chi connectivity index (χ2v) is 8.05. The Hall–Kier alpha value is -5.06. The number of nitrogens with zero attached hydrogens (tertiary/aromatic N) is 3. The summed E-state index contributed by atoms with van der Waals surface area (Å²) < 4.78 is 42.0. The van der Waals surface area contributed by atoms with E-state index in [9.17, 15) is 22.8 Å². The summed E-state index contributed by atoms with van der Waals surface area (Å²) in [4.78, 5) is 28.7. The number of aromatic nitrogens is 3. The van der Waals surface area contributed by atoms with Crippen molar-refractivity contribution in [2.75, 3.05) is 10.6 Å². The zero-order chi connectivity index (χ0) is 26.2. The smallest absolute Gasteiger partial charge is 0.416 e. The molecule has 0 aliphatic carbocycles. The molecule has 186 valence electrons. The van der Waals surface area contributed by atoms with Gasteiger partial charge in [0.05, 0.1) is 34.2 Å². The van der Waals surface area contributed by atoms with Gasteiger partial charge in [0.25, 0.3) is 0 Å². The molecule has 0 unspecified atom stereocenters. The molecule has 0 aliphatic heterocycles. The fourth-order valence-electron chi connectivity index (χ4n) is 4.03. The highest BCUT2D eigenvalue weighted by atomic mass is 19.4. The molecular formula is C26H18F3N5O3. The maximum absolute atomic E-state index is 13.6. The number of hydrogen-bond acceptors (Lipinski definition) is 4. The highest BCUT2D eigenvalue weighted by Gasteiger charge is 2.30. The van der Waals surface area contributed by atoms with Crippen molar-refractivity contribution < 1.29 is 23.1 Å². The minimum atomic E-state index is -4.45. The summed E-state index contributed by atoms with van der Waals surface area (Å²) in [6, 6.07) is 19.6. The molecule has 2 heterocycles. The summed E-state index contributed by atoms with van der Waals surface area (Å²) in [5.74, 6) is 0.